The minimum absolute atomic E-state index is 1.48. The van der Waals surface area contributed by atoms with Crippen LogP contribution in [0.15, 0.2) is 0 Å². The van der Waals surface area contributed by atoms with Gasteiger partial charge in [-0.25, -0.2) is 0 Å². The smallest absolute Gasteiger partial charge is 0.290 e. The van der Waals surface area contributed by atoms with Crippen molar-refractivity contribution in [3.8, 4) is 0 Å². The van der Waals surface area contributed by atoms with Crippen LogP contribution in [-0.2, 0) is 9.59 Å². The lowest BCUT2D eigenvalue weighted by atomic mass is 10.6. The van der Waals surface area contributed by atoms with Crippen LogP contribution >= 0.6 is 0 Å². The first-order chi connectivity index (χ1) is 2.41. The first-order valence-electron chi connectivity index (χ1n) is 1.22. The number of hydrogen-bond donors (Lipinski definition) is 1. The van der Waals surface area contributed by atoms with Crippen LogP contribution in [0.3, 0.4) is 0 Å². The lowest BCUT2D eigenvalue weighted by Crippen LogP contribution is -2.08. The van der Waals surface area contributed by atoms with Crippen molar-refractivity contribution in [2.45, 2.75) is 0 Å². The van der Waals surface area contributed by atoms with Gasteiger partial charge in [0.05, 0.1) is 7.11 Å². The van der Waals surface area contributed by atoms with E-state index in [0.29, 0.717) is 0 Å². The average molecular weight is 74.9 g/mol. The molecule has 0 fully saturated rings. The summed E-state index contributed by atoms with van der Waals surface area (Å²) in [5.74, 6) is 0. The zero-order valence-electron chi connectivity index (χ0n) is 3.32. The van der Waals surface area contributed by atoms with Crippen molar-refractivity contribution in [2.24, 2.45) is 0 Å². The van der Waals surface area contributed by atoms with E-state index in [0.717, 1.165) is 0 Å². The van der Waals surface area contributed by atoms with E-state index in [-0.39, 0.29) is 0 Å². The SMILES string of the molecule is BONOC. The molecule has 0 aliphatic rings. The second-order valence-electron chi connectivity index (χ2n) is 0.492. The molecule has 1 N–H and O–H groups in total. The third-order valence-electron chi connectivity index (χ3n) is 0.167. The van der Waals surface area contributed by atoms with Crippen molar-refractivity contribution >= 4 is 8.05 Å². The maximum Gasteiger partial charge on any atom is 0.290 e. The molecule has 0 rings (SSSR count). The van der Waals surface area contributed by atoms with Gasteiger partial charge in [0, 0.05) is 0 Å². The Kier molecular flexibility index (Phi) is 3.90. The Morgan fingerprint density at radius 1 is 1.80 bits per heavy atom. The first-order valence-corrected chi connectivity index (χ1v) is 1.22. The molecule has 0 spiro atoms. The van der Waals surface area contributed by atoms with Gasteiger partial charge in [-0.3, -0.25) is 4.84 Å². The fraction of sp³-hybridized carbons (Fsp3) is 1.00. The van der Waals surface area contributed by atoms with E-state index in [1.807, 2.05) is 0 Å². The molecule has 0 aromatic heterocycles. The molecular formula is CH6BNO2. The number of hydrogen-bond acceptors (Lipinski definition) is 3. The molecule has 0 atom stereocenters. The van der Waals surface area contributed by atoms with Crippen molar-refractivity contribution in [3.63, 3.8) is 0 Å². The van der Waals surface area contributed by atoms with Gasteiger partial charge in [-0.1, -0.05) is 5.64 Å². The summed E-state index contributed by atoms with van der Waals surface area (Å²) in [5.41, 5.74) is 2.11. The zero-order chi connectivity index (χ0) is 4.12. The minimum atomic E-state index is 1.48. The van der Waals surface area contributed by atoms with Gasteiger partial charge in [0.25, 0.3) is 8.05 Å². The Morgan fingerprint density at radius 3 is 2.40 bits per heavy atom. The molecule has 0 aliphatic heterocycles. The normalized spacial score (nSPS) is 8.20. The largest absolute Gasteiger partial charge is 0.351 e. The Morgan fingerprint density at radius 2 is 2.40 bits per heavy atom. The monoisotopic (exact) mass is 75.0 g/mol. The summed E-state index contributed by atoms with van der Waals surface area (Å²) in [4.78, 5) is 4.22. The van der Waals surface area contributed by atoms with Crippen molar-refractivity contribution in [1.29, 1.82) is 0 Å². The third-order valence-corrected chi connectivity index (χ3v) is 0.167. The van der Waals surface area contributed by atoms with Gasteiger partial charge < -0.3 is 4.76 Å². The highest BCUT2D eigenvalue weighted by atomic mass is 16.9. The molecule has 4 heteroatoms. The highest BCUT2D eigenvalue weighted by Crippen LogP contribution is 1.44. The van der Waals surface area contributed by atoms with Crippen LogP contribution < -0.4 is 5.64 Å². The molecule has 0 radical (unpaired) electrons. The summed E-state index contributed by atoms with van der Waals surface area (Å²) in [6.45, 7) is 0. The van der Waals surface area contributed by atoms with Crippen molar-refractivity contribution in [1.82, 2.24) is 5.64 Å². The Hall–Kier alpha value is -0.0551. The zero-order valence-corrected chi connectivity index (χ0v) is 3.32. The van der Waals surface area contributed by atoms with E-state index in [2.05, 4.69) is 15.2 Å². The number of rotatable bonds is 2. The lowest BCUT2D eigenvalue weighted by Gasteiger charge is -1.90. The highest BCUT2D eigenvalue weighted by molar-refractivity contribution is 5.97. The molecule has 0 unspecified atom stereocenters. The van der Waals surface area contributed by atoms with E-state index in [1.165, 1.54) is 15.2 Å². The molecule has 0 amide bonds. The summed E-state index contributed by atoms with van der Waals surface area (Å²) in [6.07, 6.45) is 0. The van der Waals surface area contributed by atoms with Crippen LogP contribution in [0.2, 0.25) is 0 Å². The van der Waals surface area contributed by atoms with Gasteiger partial charge in [0.15, 0.2) is 0 Å². The Balaban J connectivity index is 2.19. The first kappa shape index (κ1) is 4.94. The van der Waals surface area contributed by atoms with Crippen LogP contribution in [-0.4, -0.2) is 15.2 Å². The lowest BCUT2D eigenvalue weighted by molar-refractivity contribution is -0.0753. The van der Waals surface area contributed by atoms with Gasteiger partial charge in [-0.05, 0) is 0 Å². The summed E-state index contributed by atoms with van der Waals surface area (Å²) >= 11 is 0. The number of nitrogens with one attached hydrogen (secondary N) is 1. The van der Waals surface area contributed by atoms with Crippen LogP contribution in [0.4, 0.5) is 0 Å². The predicted molar refractivity (Wildman–Crippen MR) is 19.8 cm³/mol. The molecule has 0 aliphatic carbocycles. The molecule has 3 nitrogen and oxygen atoms in total. The summed E-state index contributed by atoms with van der Waals surface area (Å²) in [5, 5.41) is 0. The van der Waals surface area contributed by atoms with Gasteiger partial charge in [-0.2, -0.15) is 0 Å². The van der Waals surface area contributed by atoms with Crippen LogP contribution in [0.5, 0.6) is 0 Å². The molecule has 0 saturated heterocycles. The van der Waals surface area contributed by atoms with Crippen molar-refractivity contribution in [2.75, 3.05) is 7.11 Å². The van der Waals surface area contributed by atoms with E-state index in [9.17, 15) is 0 Å². The van der Waals surface area contributed by atoms with E-state index < -0.39 is 0 Å². The van der Waals surface area contributed by atoms with Crippen molar-refractivity contribution < 1.29 is 9.59 Å². The highest BCUT2D eigenvalue weighted by Gasteiger charge is 1.59. The molecule has 5 heavy (non-hydrogen) atoms. The third kappa shape index (κ3) is 3.94. The molecule has 0 saturated carbocycles. The molecule has 0 bridgehead atoms. The Labute approximate surface area is 31.6 Å². The fourth-order valence-electron chi connectivity index (χ4n) is 0.0833. The van der Waals surface area contributed by atoms with Gasteiger partial charge in [0.2, 0.25) is 0 Å². The summed E-state index contributed by atoms with van der Waals surface area (Å²) in [6, 6.07) is 0. The van der Waals surface area contributed by atoms with E-state index in [1.54, 1.807) is 0 Å². The average Bonchev–Trinajstić information content (AvgIpc) is 1.41. The molecule has 0 aromatic rings. The second kappa shape index (κ2) is 3.94. The maximum absolute atomic E-state index is 4.22. The van der Waals surface area contributed by atoms with Gasteiger partial charge >= 0.3 is 0 Å². The topological polar surface area (TPSA) is 30.5 Å². The molecule has 30 valence electrons. The van der Waals surface area contributed by atoms with Crippen LogP contribution in [0.1, 0.15) is 0 Å². The predicted octanol–water partition coefficient (Wildman–Crippen LogP) is -1.38. The summed E-state index contributed by atoms with van der Waals surface area (Å²) in [7, 11) is 2.95. The van der Waals surface area contributed by atoms with Crippen LogP contribution in [0.25, 0.3) is 0 Å². The quantitative estimate of drug-likeness (QED) is 0.324. The van der Waals surface area contributed by atoms with E-state index in [4.69, 9.17) is 0 Å². The molecular weight excluding hydrogens is 68.8 g/mol. The summed E-state index contributed by atoms with van der Waals surface area (Å²) < 4.78 is 4.22. The molecule has 0 aromatic carbocycles. The van der Waals surface area contributed by atoms with Crippen molar-refractivity contribution in [3.05, 3.63) is 0 Å². The second-order valence-corrected chi connectivity index (χ2v) is 0.492. The van der Waals surface area contributed by atoms with Gasteiger partial charge in [0.1, 0.15) is 0 Å². The van der Waals surface area contributed by atoms with Crippen LogP contribution in [0, 0.1) is 0 Å². The van der Waals surface area contributed by atoms with Gasteiger partial charge in [-0.15, -0.1) is 0 Å². The standard InChI is InChI=1S/CH6BNO2/c1-4-3-5-2/h3H,2H2,1H3. The fourth-order valence-corrected chi connectivity index (χ4v) is 0.0833. The minimum Gasteiger partial charge on any atom is -0.351 e. The Bertz CT molecular complexity index is 17.1. The molecule has 0 heterocycles. The maximum atomic E-state index is 4.22. The van der Waals surface area contributed by atoms with E-state index >= 15 is 0 Å².